The molecule has 57 nitrogen and oxygen atoms in total. The lowest BCUT2D eigenvalue weighted by Gasteiger charge is -2.52. The number of methoxy groups -OCH3 is 1. The van der Waals surface area contributed by atoms with Crippen molar-refractivity contribution in [2.24, 2.45) is 50.9 Å². The molecule has 40 atom stereocenters. The van der Waals surface area contributed by atoms with E-state index in [1.165, 1.54) is 48.7 Å². The molecule has 8 aliphatic heterocycles. The molecule has 806 valence electrons. The van der Waals surface area contributed by atoms with Crippen molar-refractivity contribution in [2.75, 3.05) is 33.5 Å². The minimum absolute atomic E-state index is 0.0214. The van der Waals surface area contributed by atoms with Crippen molar-refractivity contribution in [1.82, 2.24) is 0 Å². The number of rotatable bonds is 50. The highest BCUT2D eigenvalue weighted by Gasteiger charge is 2.62. The summed E-state index contributed by atoms with van der Waals surface area (Å²) in [6, 6.07) is 29.2. The van der Waals surface area contributed by atoms with Crippen molar-refractivity contribution in [1.29, 1.82) is 0 Å². The molecule has 0 saturated carbocycles. The second kappa shape index (κ2) is 53.6. The quantitative estimate of drug-likeness (QED) is 0.00521. The predicted octanol–water partition coefficient (Wildman–Crippen LogP) is 7.84. The van der Waals surface area contributed by atoms with Crippen molar-refractivity contribution in [3.05, 3.63) is 175 Å². The van der Waals surface area contributed by atoms with Crippen LogP contribution in [-0.2, 0) is 219 Å². The first-order chi connectivity index (χ1) is 68.7. The van der Waals surface area contributed by atoms with Crippen LogP contribution < -0.4 is 0 Å². The Morgan fingerprint density at radius 3 is 0.750 bits per heavy atom. The highest BCUT2D eigenvalue weighted by Crippen LogP contribution is 2.47. The van der Waals surface area contributed by atoms with E-state index in [1.807, 2.05) is 0 Å². The van der Waals surface area contributed by atoms with Gasteiger partial charge in [0, 0.05) is 33.7 Å². The maximum Gasteiger partial charge on any atom is 0.397 e. The standard InChI is InChI=1S/C83H117N9O48S4/c1-40-41(2)76(109-11)122-54(36-114-141(97,98)99)61(40)126-81-73(134-138-94)69(111-33-51-26-18-13-19-27-51)66(47(8)119-81)130-78-59(88-91-85)44(5)63(56(124-78)38-116-143(103,104)105)128-83-75(136-140-96)71(113-35-53-30-22-15-23-31-53)68(49(10)121-83)132-79-60(89-92-86)45(6)64(57(125-79)39-117-144(106,107)108)129-82-74(135-139-95)70(112-34-52-28-20-14-21-29-52)67(48(9)120-82)131-77-58(87-90-84)43(4)62(55(123-77)37-115-142(100,101)102)127-80-72(133-137-93)65(42(3)46(7)118-80)110-32-50-24-16-12-17-25-50/h12-31,40-49,54-83,93-96H,32-39H2,1-11H3,(H,97,98,99)(H,100,101,102)(H,103,104,105)(H,106,107,108)/t40-,41?,42-,43-,44-,45-,46?,47?,48?,49?,54?,55?,56?,57?,58?,59?,60?,61+,62+,63+,64+,65-,66-,67-,68+,69-,70-,71-,72?,73?,74?,75?,76+,77+,78-,79+,80+,81+,82+,83+/m1/s1. The number of ether oxygens (including phenoxy) is 20. The summed E-state index contributed by atoms with van der Waals surface area (Å²) < 4.78 is 290. The van der Waals surface area contributed by atoms with Gasteiger partial charge >= 0.3 is 41.6 Å². The van der Waals surface area contributed by atoms with Crippen LogP contribution in [0.25, 0.3) is 31.3 Å². The topological polar surface area (TPSA) is 740 Å². The highest BCUT2D eigenvalue weighted by atomic mass is 32.3. The van der Waals surface area contributed by atoms with E-state index in [1.54, 1.807) is 149 Å². The summed E-state index contributed by atoms with van der Waals surface area (Å²) in [6.45, 7) is 10.2. The van der Waals surface area contributed by atoms with Gasteiger partial charge in [-0.3, -0.25) is 18.2 Å². The third-order valence-corrected chi connectivity index (χ3v) is 27.7. The van der Waals surface area contributed by atoms with Crippen LogP contribution in [0, 0.1) is 35.5 Å². The summed E-state index contributed by atoms with van der Waals surface area (Å²) in [6.07, 6.45) is -49.7. The van der Waals surface area contributed by atoms with E-state index in [2.05, 4.69) is 50.2 Å². The van der Waals surface area contributed by atoms with Crippen molar-refractivity contribution in [3.63, 3.8) is 0 Å². The number of benzene rings is 4. The van der Waals surface area contributed by atoms with E-state index in [-0.39, 0.29) is 26.4 Å². The van der Waals surface area contributed by atoms with E-state index >= 15 is 0 Å². The second-order valence-corrected chi connectivity index (χ2v) is 39.5. The third kappa shape index (κ3) is 30.9. The largest absolute Gasteiger partial charge is 0.397 e. The Morgan fingerprint density at radius 2 is 0.507 bits per heavy atom. The average Bonchev–Trinajstić information content (AvgIpc) is 0.761. The fourth-order valence-corrected chi connectivity index (χ4v) is 19.7. The highest BCUT2D eigenvalue weighted by molar-refractivity contribution is 7.81. The Balaban J connectivity index is 0.829. The minimum atomic E-state index is -5.46. The van der Waals surface area contributed by atoms with Crippen LogP contribution in [0.5, 0.6) is 0 Å². The third-order valence-electron chi connectivity index (χ3n) is 26.0. The Labute approximate surface area is 825 Å². The summed E-state index contributed by atoms with van der Waals surface area (Å²) in [5.74, 6) is -5.50. The maximum atomic E-state index is 12.8. The van der Waals surface area contributed by atoms with Crippen LogP contribution in [0.2, 0.25) is 0 Å². The molecular formula is C83H117N9O48S4. The molecule has 12 rings (SSSR count). The molecule has 0 aromatic heterocycles. The van der Waals surface area contributed by atoms with Gasteiger partial charge in [0.2, 0.25) is 0 Å². The zero-order valence-electron chi connectivity index (χ0n) is 78.9. The van der Waals surface area contributed by atoms with Crippen molar-refractivity contribution in [2.45, 2.75) is 305 Å². The van der Waals surface area contributed by atoms with Crippen LogP contribution in [-0.4, -0.2) is 315 Å². The normalized spacial score (nSPS) is 37.7. The van der Waals surface area contributed by atoms with Crippen LogP contribution in [0.4, 0.5) is 0 Å². The summed E-state index contributed by atoms with van der Waals surface area (Å²) in [7, 11) is -19.9. The molecule has 0 radical (unpaired) electrons. The summed E-state index contributed by atoms with van der Waals surface area (Å²) in [5.41, 5.74) is 33.6. The average molecular weight is 2140 g/mol. The predicted molar refractivity (Wildman–Crippen MR) is 471 cm³/mol. The van der Waals surface area contributed by atoms with Crippen LogP contribution >= 0.6 is 0 Å². The van der Waals surface area contributed by atoms with Gasteiger partial charge in [0.05, 0.1) is 126 Å². The molecule has 8 fully saturated rings. The number of hydrogen-bond donors (Lipinski definition) is 8. The first-order valence-corrected chi connectivity index (χ1v) is 50.6. The van der Waals surface area contributed by atoms with E-state index < -0.39 is 312 Å². The molecule has 0 bridgehead atoms. The van der Waals surface area contributed by atoms with Gasteiger partial charge in [-0.25, -0.2) is 37.8 Å². The first kappa shape index (κ1) is 116. The van der Waals surface area contributed by atoms with Crippen molar-refractivity contribution >= 4 is 41.6 Å². The van der Waals surface area contributed by atoms with Crippen LogP contribution in [0.1, 0.15) is 91.5 Å². The number of hydrogen-bond acceptors (Lipinski definition) is 47. The molecule has 0 amide bonds. The molecule has 0 spiro atoms. The Hall–Kier alpha value is -6.99. The lowest BCUT2D eigenvalue weighted by molar-refractivity contribution is -0.537. The van der Waals surface area contributed by atoms with Gasteiger partial charge in [0.15, 0.2) is 74.7 Å². The van der Waals surface area contributed by atoms with Gasteiger partial charge in [-0.05, 0) is 90.2 Å². The van der Waals surface area contributed by atoms with E-state index in [0.717, 1.165) is 5.56 Å². The van der Waals surface area contributed by atoms with E-state index in [0.29, 0.717) is 16.7 Å². The zero-order valence-corrected chi connectivity index (χ0v) is 82.1. The van der Waals surface area contributed by atoms with Crippen LogP contribution in [0.15, 0.2) is 137 Å². The lowest BCUT2D eigenvalue weighted by atomic mass is 9.84. The first-order valence-electron chi connectivity index (χ1n) is 45.1. The smallest absolute Gasteiger partial charge is 0.370 e. The molecule has 8 N–H and O–H groups in total. The SMILES string of the molecule is CO[C@H]1OC(COS(=O)(=O)O)[C@@H](O[C@@H]2OC(C)[C@@H](O[C@H]3OC(COS(=O)(=O)O)[C@@H](O[C@@H]4OC(C)[C@H](O[C@@H]5OC(COS(=O)(=O)O)[C@@H](O[C@@H]6OC(C)[C@@H](O[C@@H]7OC(COS(=O)(=O)O)[C@@H](O[C@@H]8OC(C)[C@@H](C)[C@@H](OCc9ccccc9)C8OOO)[C@H](C)C7N=[N+]=[N-])[C@@H](OCc7ccccc7)C6OOO)[C@H](C)C5N=[N+]=[N-])[C@@H](OCc5ccccc5)C4OOO)[C@H](C)C3N=[N+]=[N-])[C@@H](OCc3ccccc3)C2OOO)[C@H](C)C1C. The van der Waals surface area contributed by atoms with Gasteiger partial charge in [-0.15, -0.1) is 0 Å². The number of azide groups is 3. The Bertz CT molecular complexity index is 5260. The second-order valence-electron chi connectivity index (χ2n) is 35.1. The Morgan fingerprint density at radius 1 is 0.278 bits per heavy atom. The molecule has 0 aliphatic carbocycles. The Kier molecular flexibility index (Phi) is 43.1. The summed E-state index contributed by atoms with van der Waals surface area (Å²) in [4.78, 5) is 31.3. The molecule has 8 aliphatic rings. The molecule has 4 aromatic rings. The van der Waals surface area contributed by atoms with E-state index in [4.69, 9.17) is 131 Å². The molecule has 8 saturated heterocycles. The fraction of sp³-hybridized carbons (Fsp3) is 0.711. The number of nitrogens with zero attached hydrogens (tertiary/aromatic N) is 9. The molecular weight excluding hydrogens is 2020 g/mol. The van der Waals surface area contributed by atoms with Gasteiger partial charge in [0.25, 0.3) is 0 Å². The maximum absolute atomic E-state index is 12.8. The summed E-state index contributed by atoms with van der Waals surface area (Å²) in [5, 5.41) is 70.4. The van der Waals surface area contributed by atoms with Crippen molar-refractivity contribution in [3.8, 4) is 0 Å². The monoisotopic (exact) mass is 2140 g/mol. The summed E-state index contributed by atoms with van der Waals surface area (Å²) >= 11 is 0. The molecule has 4 aromatic carbocycles. The zero-order chi connectivity index (χ0) is 104. The van der Waals surface area contributed by atoms with Gasteiger partial charge in [-0.2, -0.15) is 53.2 Å². The molecule has 16 unspecified atom stereocenters. The van der Waals surface area contributed by atoms with Crippen molar-refractivity contribution < 1.29 is 224 Å². The van der Waals surface area contributed by atoms with E-state index in [9.17, 15) is 89.5 Å². The minimum Gasteiger partial charge on any atom is -0.370 e. The fourth-order valence-electron chi connectivity index (χ4n) is 18.5. The lowest BCUT2D eigenvalue weighted by Crippen LogP contribution is -2.66. The molecule has 8 heterocycles. The van der Waals surface area contributed by atoms with Gasteiger partial charge in [0.1, 0.15) is 61.0 Å². The van der Waals surface area contributed by atoms with Crippen LogP contribution in [0.3, 0.4) is 0 Å². The molecule has 144 heavy (non-hydrogen) atoms. The van der Waals surface area contributed by atoms with Gasteiger partial charge < -0.3 is 94.7 Å². The van der Waals surface area contributed by atoms with Gasteiger partial charge in [-0.1, -0.05) is 198 Å². The molecule has 61 heteroatoms.